The van der Waals surface area contributed by atoms with Crippen LogP contribution >= 0.6 is 11.3 Å². The summed E-state index contributed by atoms with van der Waals surface area (Å²) in [5.74, 6) is 0.268. The molecule has 0 radical (unpaired) electrons. The molecule has 0 spiro atoms. The molecule has 1 aliphatic carbocycles. The molecule has 1 unspecified atom stereocenters. The Morgan fingerprint density at radius 1 is 1.33 bits per heavy atom. The minimum Gasteiger partial charge on any atom is -0.317 e. The fourth-order valence-corrected chi connectivity index (χ4v) is 6.02. The predicted molar refractivity (Wildman–Crippen MR) is 107 cm³/mol. The second-order valence-corrected chi connectivity index (χ2v) is 10.2. The molecule has 3 rings (SSSR count). The number of carbonyl (C=O) groups excluding carboxylic acids is 1. The van der Waals surface area contributed by atoms with E-state index in [0.717, 1.165) is 24.8 Å². The molecule has 1 aromatic carbocycles. The highest BCUT2D eigenvalue weighted by Gasteiger charge is 2.24. The van der Waals surface area contributed by atoms with Crippen molar-refractivity contribution in [1.29, 1.82) is 5.26 Å². The predicted octanol–water partition coefficient (Wildman–Crippen LogP) is 3.94. The number of fused-ring (bicyclic) bond motifs is 1. The first-order chi connectivity index (χ1) is 12.9. The highest BCUT2D eigenvalue weighted by atomic mass is 32.2. The van der Waals surface area contributed by atoms with Gasteiger partial charge in [0.15, 0.2) is 9.84 Å². The normalized spacial score (nSPS) is 16.4. The molecule has 142 valence electrons. The molecule has 0 fully saturated rings. The number of anilines is 1. The van der Waals surface area contributed by atoms with Gasteiger partial charge in [-0.2, -0.15) is 5.26 Å². The number of rotatable bonds is 6. The van der Waals surface area contributed by atoms with Crippen molar-refractivity contribution in [3.8, 4) is 6.07 Å². The van der Waals surface area contributed by atoms with E-state index in [1.807, 2.05) is 0 Å². The van der Waals surface area contributed by atoms with Gasteiger partial charge in [0, 0.05) is 11.3 Å². The zero-order chi connectivity index (χ0) is 19.4. The summed E-state index contributed by atoms with van der Waals surface area (Å²) in [5.41, 5.74) is 1.65. The smallest absolute Gasteiger partial charge is 0.225 e. The number of nitrogens with one attached hydrogen (secondary N) is 1. The Balaban J connectivity index is 1.60. The summed E-state index contributed by atoms with van der Waals surface area (Å²) >= 11 is 1.48. The van der Waals surface area contributed by atoms with Crippen molar-refractivity contribution >= 4 is 32.1 Å². The molecule has 1 aromatic heterocycles. The summed E-state index contributed by atoms with van der Waals surface area (Å²) in [6, 6.07) is 10.5. The Morgan fingerprint density at radius 3 is 2.78 bits per heavy atom. The Labute approximate surface area is 164 Å². The molecule has 0 aliphatic heterocycles. The fourth-order valence-electron chi connectivity index (χ4n) is 3.31. The molecule has 5 nitrogen and oxygen atoms in total. The molecule has 1 aliphatic rings. The van der Waals surface area contributed by atoms with E-state index in [9.17, 15) is 18.5 Å². The SMILES string of the molecule is CC1CCc2c(sc(NC(=O)CCCS(=O)(=O)c3ccccc3)c2C#N)C1. The van der Waals surface area contributed by atoms with Crippen LogP contribution in [0.1, 0.15) is 42.2 Å². The van der Waals surface area contributed by atoms with Crippen LogP contribution in [0.2, 0.25) is 0 Å². The summed E-state index contributed by atoms with van der Waals surface area (Å²) in [5, 5.41) is 12.9. The number of hydrogen-bond acceptors (Lipinski definition) is 5. The van der Waals surface area contributed by atoms with Crippen LogP contribution in [0.3, 0.4) is 0 Å². The van der Waals surface area contributed by atoms with Gasteiger partial charge in [0.1, 0.15) is 11.1 Å². The van der Waals surface area contributed by atoms with Crippen LogP contribution < -0.4 is 5.32 Å². The van der Waals surface area contributed by atoms with Crippen LogP contribution in [0, 0.1) is 17.2 Å². The lowest BCUT2D eigenvalue weighted by Crippen LogP contribution is -2.14. The summed E-state index contributed by atoms with van der Waals surface area (Å²) in [4.78, 5) is 13.7. The largest absolute Gasteiger partial charge is 0.317 e. The molecule has 1 amide bonds. The Morgan fingerprint density at radius 2 is 2.07 bits per heavy atom. The quantitative estimate of drug-likeness (QED) is 0.793. The lowest BCUT2D eigenvalue weighted by molar-refractivity contribution is -0.116. The molecule has 1 atom stereocenters. The van der Waals surface area contributed by atoms with Crippen molar-refractivity contribution in [2.45, 2.75) is 43.9 Å². The van der Waals surface area contributed by atoms with E-state index in [2.05, 4.69) is 18.3 Å². The van der Waals surface area contributed by atoms with Gasteiger partial charge in [-0.25, -0.2) is 8.42 Å². The molecular weight excluding hydrogens is 380 g/mol. The van der Waals surface area contributed by atoms with Crippen molar-refractivity contribution in [2.75, 3.05) is 11.1 Å². The van der Waals surface area contributed by atoms with Gasteiger partial charge in [0.2, 0.25) is 5.91 Å². The number of sulfone groups is 1. The van der Waals surface area contributed by atoms with Gasteiger partial charge in [-0.3, -0.25) is 4.79 Å². The summed E-state index contributed by atoms with van der Waals surface area (Å²) in [6.45, 7) is 2.19. The van der Waals surface area contributed by atoms with E-state index in [1.165, 1.54) is 16.2 Å². The van der Waals surface area contributed by atoms with Gasteiger partial charge in [0.05, 0.1) is 16.2 Å². The maximum absolute atomic E-state index is 12.3. The van der Waals surface area contributed by atoms with Crippen LogP contribution in [-0.4, -0.2) is 20.1 Å². The first-order valence-corrected chi connectivity index (χ1v) is 11.5. The third-order valence-corrected chi connectivity index (χ3v) is 7.78. The maximum Gasteiger partial charge on any atom is 0.225 e. The molecule has 2 aromatic rings. The second kappa shape index (κ2) is 8.24. The number of nitrogens with zero attached hydrogens (tertiary/aromatic N) is 1. The van der Waals surface area contributed by atoms with Gasteiger partial charge in [-0.15, -0.1) is 11.3 Å². The van der Waals surface area contributed by atoms with Crippen molar-refractivity contribution in [1.82, 2.24) is 0 Å². The van der Waals surface area contributed by atoms with Gasteiger partial charge in [0.25, 0.3) is 0 Å². The lowest BCUT2D eigenvalue weighted by Gasteiger charge is -2.17. The van der Waals surface area contributed by atoms with Crippen molar-refractivity contribution < 1.29 is 13.2 Å². The Kier molecular flexibility index (Phi) is 5.98. The molecule has 0 saturated heterocycles. The van der Waals surface area contributed by atoms with E-state index >= 15 is 0 Å². The summed E-state index contributed by atoms with van der Waals surface area (Å²) in [6.07, 6.45) is 3.23. The van der Waals surface area contributed by atoms with Crippen molar-refractivity contribution in [3.63, 3.8) is 0 Å². The van der Waals surface area contributed by atoms with E-state index in [-0.39, 0.29) is 29.4 Å². The van der Waals surface area contributed by atoms with Crippen LogP contribution in [0.5, 0.6) is 0 Å². The third-order valence-electron chi connectivity index (χ3n) is 4.80. The number of amides is 1. The molecule has 1 heterocycles. The van der Waals surface area contributed by atoms with E-state index in [1.54, 1.807) is 30.3 Å². The Hall–Kier alpha value is -2.17. The van der Waals surface area contributed by atoms with Crippen molar-refractivity contribution in [2.24, 2.45) is 5.92 Å². The minimum atomic E-state index is -3.38. The monoisotopic (exact) mass is 402 g/mol. The molecule has 7 heteroatoms. The van der Waals surface area contributed by atoms with E-state index in [4.69, 9.17) is 0 Å². The van der Waals surface area contributed by atoms with E-state index < -0.39 is 9.84 Å². The standard InChI is InChI=1S/C20H22N2O3S2/c1-14-9-10-16-17(13-21)20(26-18(16)12-14)22-19(23)8-5-11-27(24,25)15-6-3-2-4-7-15/h2-4,6-7,14H,5,8-12H2,1H3,(H,22,23). The maximum atomic E-state index is 12.3. The number of thiophene rings is 1. The van der Waals surface area contributed by atoms with Gasteiger partial charge >= 0.3 is 0 Å². The topological polar surface area (TPSA) is 87.0 Å². The zero-order valence-corrected chi connectivity index (χ0v) is 16.8. The summed E-state index contributed by atoms with van der Waals surface area (Å²) in [7, 11) is -3.38. The number of nitriles is 1. The highest BCUT2D eigenvalue weighted by Crippen LogP contribution is 2.39. The van der Waals surface area contributed by atoms with Crippen LogP contribution in [0.25, 0.3) is 0 Å². The number of hydrogen-bond donors (Lipinski definition) is 1. The van der Waals surface area contributed by atoms with Crippen molar-refractivity contribution in [3.05, 3.63) is 46.3 Å². The highest BCUT2D eigenvalue weighted by molar-refractivity contribution is 7.91. The summed E-state index contributed by atoms with van der Waals surface area (Å²) < 4.78 is 24.5. The third kappa shape index (κ3) is 4.57. The first kappa shape index (κ1) is 19.6. The van der Waals surface area contributed by atoms with Gasteiger partial charge < -0.3 is 5.32 Å². The molecule has 1 N–H and O–H groups in total. The minimum absolute atomic E-state index is 0.0754. The lowest BCUT2D eigenvalue weighted by atomic mass is 9.89. The van der Waals surface area contributed by atoms with Crippen LogP contribution in [0.4, 0.5) is 5.00 Å². The fraction of sp³-hybridized carbons (Fsp3) is 0.400. The van der Waals surface area contributed by atoms with E-state index in [0.29, 0.717) is 16.5 Å². The average Bonchev–Trinajstić information content (AvgIpc) is 2.98. The number of benzene rings is 1. The first-order valence-electron chi connectivity index (χ1n) is 9.03. The van der Waals surface area contributed by atoms with Crippen LogP contribution in [-0.2, 0) is 27.5 Å². The average molecular weight is 403 g/mol. The van der Waals surface area contributed by atoms with Gasteiger partial charge in [-0.1, -0.05) is 25.1 Å². The Bertz CT molecular complexity index is 973. The molecule has 27 heavy (non-hydrogen) atoms. The zero-order valence-electron chi connectivity index (χ0n) is 15.2. The molecular formula is C20H22N2O3S2. The van der Waals surface area contributed by atoms with Crippen LogP contribution in [0.15, 0.2) is 35.2 Å². The second-order valence-electron chi connectivity index (χ2n) is 6.95. The van der Waals surface area contributed by atoms with Gasteiger partial charge in [-0.05, 0) is 49.3 Å². The molecule has 0 bridgehead atoms. The number of carbonyl (C=O) groups is 1. The molecule has 0 saturated carbocycles.